The number of urea groups is 1. The molecule has 3 aromatic rings. The van der Waals surface area contributed by atoms with Crippen LogP contribution in [0.25, 0.3) is 0 Å². The predicted octanol–water partition coefficient (Wildman–Crippen LogP) is 4.20. The van der Waals surface area contributed by atoms with Crippen molar-refractivity contribution in [2.75, 3.05) is 11.9 Å². The molecule has 1 unspecified atom stereocenters. The summed E-state index contributed by atoms with van der Waals surface area (Å²) < 4.78 is 5.77. The Balaban J connectivity index is 1.57. The van der Waals surface area contributed by atoms with Crippen LogP contribution >= 0.6 is 0 Å². The van der Waals surface area contributed by atoms with Gasteiger partial charge in [0.05, 0.1) is 12.6 Å². The van der Waals surface area contributed by atoms with Gasteiger partial charge < -0.3 is 20.5 Å². The summed E-state index contributed by atoms with van der Waals surface area (Å²) in [6, 6.07) is 25.6. The summed E-state index contributed by atoms with van der Waals surface area (Å²) in [5.41, 5.74) is 1.66. The smallest absolute Gasteiger partial charge is 0.319 e. The molecule has 0 bridgehead atoms. The fourth-order valence-electron chi connectivity index (χ4n) is 2.67. The van der Waals surface area contributed by atoms with Crippen LogP contribution in [0.3, 0.4) is 0 Å². The minimum atomic E-state index is -0.373. The first kappa shape index (κ1) is 18.5. The first-order chi connectivity index (χ1) is 13.2. The van der Waals surface area contributed by atoms with E-state index in [2.05, 4.69) is 10.6 Å². The van der Waals surface area contributed by atoms with E-state index in [4.69, 9.17) is 4.74 Å². The molecule has 0 saturated heterocycles. The number of benzene rings is 3. The molecule has 0 aliphatic carbocycles. The highest BCUT2D eigenvalue weighted by Gasteiger charge is 2.12. The van der Waals surface area contributed by atoms with Crippen molar-refractivity contribution in [1.82, 2.24) is 5.32 Å². The molecule has 138 valence electrons. The summed E-state index contributed by atoms with van der Waals surface area (Å²) in [4.78, 5) is 12.3. The molecule has 3 N–H and O–H groups in total. The monoisotopic (exact) mass is 362 g/mol. The maximum Gasteiger partial charge on any atom is 0.319 e. The maximum atomic E-state index is 12.3. The number of amides is 2. The molecule has 0 radical (unpaired) electrons. The normalized spacial score (nSPS) is 11.4. The number of rotatable bonds is 7. The van der Waals surface area contributed by atoms with Crippen LogP contribution in [0, 0.1) is 0 Å². The average Bonchev–Trinajstić information content (AvgIpc) is 2.69. The molecule has 0 aromatic heterocycles. The number of ether oxygens (including phenoxy) is 1. The Morgan fingerprint density at radius 2 is 1.56 bits per heavy atom. The zero-order valence-electron chi connectivity index (χ0n) is 14.8. The zero-order chi connectivity index (χ0) is 18.9. The minimum Gasteiger partial charge on any atom is -0.457 e. The Morgan fingerprint density at radius 1 is 0.889 bits per heavy atom. The van der Waals surface area contributed by atoms with Crippen molar-refractivity contribution >= 4 is 11.7 Å². The lowest BCUT2D eigenvalue weighted by Gasteiger charge is -2.17. The quantitative estimate of drug-likeness (QED) is 0.590. The first-order valence-corrected chi connectivity index (χ1v) is 8.78. The third-order valence-electron chi connectivity index (χ3n) is 3.95. The number of aliphatic hydroxyl groups excluding tert-OH is 1. The van der Waals surface area contributed by atoms with Crippen LogP contribution in [0.15, 0.2) is 84.9 Å². The van der Waals surface area contributed by atoms with Gasteiger partial charge in [0.1, 0.15) is 11.5 Å². The number of hydrogen-bond acceptors (Lipinski definition) is 3. The van der Waals surface area contributed by atoms with Gasteiger partial charge in [0.25, 0.3) is 0 Å². The number of aliphatic hydroxyl groups is 1. The maximum absolute atomic E-state index is 12.3. The van der Waals surface area contributed by atoms with Gasteiger partial charge >= 0.3 is 6.03 Å². The van der Waals surface area contributed by atoms with E-state index < -0.39 is 0 Å². The van der Waals surface area contributed by atoms with Gasteiger partial charge in [0.2, 0.25) is 0 Å². The second kappa shape index (κ2) is 9.40. The Bertz CT molecular complexity index is 854. The summed E-state index contributed by atoms with van der Waals surface area (Å²) in [5, 5.41) is 15.1. The van der Waals surface area contributed by atoms with Gasteiger partial charge in [-0.2, -0.15) is 0 Å². The van der Waals surface area contributed by atoms with Gasteiger partial charge in [-0.25, -0.2) is 4.79 Å². The highest BCUT2D eigenvalue weighted by Crippen LogP contribution is 2.23. The molecule has 3 aromatic carbocycles. The molecular formula is C22H22N2O3. The van der Waals surface area contributed by atoms with Crippen LogP contribution in [0.2, 0.25) is 0 Å². The van der Waals surface area contributed by atoms with E-state index in [1.54, 1.807) is 18.2 Å². The fraction of sp³-hybridized carbons (Fsp3) is 0.136. The second-order valence-electron chi connectivity index (χ2n) is 6.11. The van der Waals surface area contributed by atoms with E-state index in [-0.39, 0.29) is 18.7 Å². The molecule has 2 amide bonds. The van der Waals surface area contributed by atoms with E-state index in [1.165, 1.54) is 0 Å². The zero-order valence-corrected chi connectivity index (χ0v) is 14.8. The van der Waals surface area contributed by atoms with E-state index >= 15 is 0 Å². The lowest BCUT2D eigenvalue weighted by molar-refractivity contribution is 0.224. The number of para-hydroxylation sites is 1. The van der Waals surface area contributed by atoms with Crippen molar-refractivity contribution in [3.63, 3.8) is 0 Å². The van der Waals surface area contributed by atoms with Crippen molar-refractivity contribution in [3.05, 3.63) is 90.5 Å². The number of nitrogens with one attached hydrogen (secondary N) is 2. The van der Waals surface area contributed by atoms with Crippen LogP contribution in [-0.2, 0) is 6.42 Å². The summed E-state index contributed by atoms with van der Waals surface area (Å²) in [7, 11) is 0. The molecule has 0 heterocycles. The molecular weight excluding hydrogens is 340 g/mol. The molecule has 5 nitrogen and oxygen atoms in total. The lowest BCUT2D eigenvalue weighted by Crippen LogP contribution is -2.41. The first-order valence-electron chi connectivity index (χ1n) is 8.78. The van der Waals surface area contributed by atoms with Crippen molar-refractivity contribution in [2.24, 2.45) is 0 Å². The molecule has 0 fully saturated rings. The largest absolute Gasteiger partial charge is 0.457 e. The Kier molecular flexibility index (Phi) is 6.44. The molecule has 0 aliphatic rings. The highest BCUT2D eigenvalue weighted by atomic mass is 16.5. The fourth-order valence-corrected chi connectivity index (χ4v) is 2.67. The average molecular weight is 362 g/mol. The number of carbonyl (C=O) groups is 1. The van der Waals surface area contributed by atoms with Crippen LogP contribution in [0.5, 0.6) is 11.5 Å². The third kappa shape index (κ3) is 5.87. The summed E-state index contributed by atoms with van der Waals surface area (Å²) in [6.45, 7) is -0.139. The van der Waals surface area contributed by atoms with Gasteiger partial charge in [-0.05, 0) is 36.2 Å². The standard InChI is InChI=1S/C22H22N2O3/c25-16-19(14-17-8-3-1-4-9-17)24-22(26)23-18-10-7-13-21(15-18)27-20-11-5-2-6-12-20/h1-13,15,19,25H,14,16H2,(H2,23,24,26). The van der Waals surface area contributed by atoms with Gasteiger partial charge in [0.15, 0.2) is 0 Å². The second-order valence-corrected chi connectivity index (χ2v) is 6.11. The van der Waals surface area contributed by atoms with Crippen molar-refractivity contribution in [1.29, 1.82) is 0 Å². The third-order valence-corrected chi connectivity index (χ3v) is 3.95. The van der Waals surface area contributed by atoms with Gasteiger partial charge in [-0.15, -0.1) is 0 Å². The van der Waals surface area contributed by atoms with Gasteiger partial charge in [-0.1, -0.05) is 54.6 Å². The van der Waals surface area contributed by atoms with Crippen molar-refractivity contribution in [3.8, 4) is 11.5 Å². The van der Waals surface area contributed by atoms with Crippen LogP contribution < -0.4 is 15.4 Å². The molecule has 0 saturated carbocycles. The predicted molar refractivity (Wildman–Crippen MR) is 106 cm³/mol. The topological polar surface area (TPSA) is 70.6 Å². The molecule has 27 heavy (non-hydrogen) atoms. The summed E-state index contributed by atoms with van der Waals surface area (Å²) >= 11 is 0. The van der Waals surface area contributed by atoms with Gasteiger partial charge in [0, 0.05) is 11.8 Å². The molecule has 1 atom stereocenters. The van der Waals surface area contributed by atoms with Crippen LogP contribution in [-0.4, -0.2) is 23.8 Å². The van der Waals surface area contributed by atoms with Gasteiger partial charge in [-0.3, -0.25) is 0 Å². The van der Waals surface area contributed by atoms with E-state index in [9.17, 15) is 9.90 Å². The highest BCUT2D eigenvalue weighted by molar-refractivity contribution is 5.89. The molecule has 0 spiro atoms. The van der Waals surface area contributed by atoms with Crippen molar-refractivity contribution in [2.45, 2.75) is 12.5 Å². The molecule has 5 heteroatoms. The number of anilines is 1. The summed E-state index contributed by atoms with van der Waals surface area (Å²) in [5.74, 6) is 1.35. The van der Waals surface area contributed by atoms with Crippen LogP contribution in [0.4, 0.5) is 10.5 Å². The van der Waals surface area contributed by atoms with E-state index in [1.807, 2.05) is 66.7 Å². The van der Waals surface area contributed by atoms with E-state index in [0.717, 1.165) is 11.3 Å². The Labute approximate surface area is 158 Å². The Morgan fingerprint density at radius 3 is 2.26 bits per heavy atom. The van der Waals surface area contributed by atoms with Crippen molar-refractivity contribution < 1.29 is 14.6 Å². The van der Waals surface area contributed by atoms with Crippen LogP contribution in [0.1, 0.15) is 5.56 Å². The Hall–Kier alpha value is -3.31. The summed E-state index contributed by atoms with van der Waals surface area (Å²) in [6.07, 6.45) is 0.557. The number of hydrogen-bond donors (Lipinski definition) is 3. The SMILES string of the molecule is O=C(Nc1cccc(Oc2ccccc2)c1)NC(CO)Cc1ccccc1. The molecule has 3 rings (SSSR count). The minimum absolute atomic E-state index is 0.139. The number of carbonyl (C=O) groups excluding carboxylic acids is 1. The van der Waals surface area contributed by atoms with E-state index in [0.29, 0.717) is 17.9 Å². The lowest BCUT2D eigenvalue weighted by atomic mass is 10.1. The molecule has 0 aliphatic heterocycles.